The first kappa shape index (κ1) is 23.6. The summed E-state index contributed by atoms with van der Waals surface area (Å²) < 4.78 is 38.7. The lowest BCUT2D eigenvalue weighted by Crippen LogP contribution is -2.33. The van der Waals surface area contributed by atoms with Crippen LogP contribution in [0.4, 0.5) is 0 Å². The van der Waals surface area contributed by atoms with Gasteiger partial charge in [0.05, 0.1) is 19.1 Å². The molecular formula is C24H34N2O4S. The Bertz CT molecular complexity index is 995. The maximum absolute atomic E-state index is 12.6. The summed E-state index contributed by atoms with van der Waals surface area (Å²) in [5, 5.41) is 0. The van der Waals surface area contributed by atoms with Crippen molar-refractivity contribution in [3.05, 3.63) is 53.1 Å². The predicted molar refractivity (Wildman–Crippen MR) is 123 cm³/mol. The molecule has 3 rings (SSSR count). The third-order valence-corrected chi connectivity index (χ3v) is 7.25. The standard InChI is InChI=1S/C24H34N2O4S/c1-24(2,3)20-7-9-21(10-8-20)31(27,28)25-12-6-13-26-14-11-18-15-22(29-4)23(30-5)16-19(18)17-26/h7-10,15-16,25H,6,11-14,17H2,1-5H3. The molecule has 0 aliphatic carbocycles. The minimum Gasteiger partial charge on any atom is -0.493 e. The van der Waals surface area contributed by atoms with Crippen LogP contribution in [0.15, 0.2) is 41.3 Å². The Morgan fingerprint density at radius 3 is 2.19 bits per heavy atom. The fourth-order valence-corrected chi connectivity index (χ4v) is 4.93. The Morgan fingerprint density at radius 2 is 1.61 bits per heavy atom. The molecular weight excluding hydrogens is 412 g/mol. The smallest absolute Gasteiger partial charge is 0.240 e. The van der Waals surface area contributed by atoms with Crippen molar-refractivity contribution in [3.8, 4) is 11.5 Å². The van der Waals surface area contributed by atoms with Crippen molar-refractivity contribution in [1.82, 2.24) is 9.62 Å². The summed E-state index contributed by atoms with van der Waals surface area (Å²) >= 11 is 0. The Kier molecular flexibility index (Phi) is 7.29. The van der Waals surface area contributed by atoms with E-state index in [4.69, 9.17) is 9.47 Å². The fourth-order valence-electron chi connectivity index (χ4n) is 3.86. The van der Waals surface area contributed by atoms with E-state index in [0.29, 0.717) is 11.4 Å². The average molecular weight is 447 g/mol. The van der Waals surface area contributed by atoms with Crippen molar-refractivity contribution in [2.75, 3.05) is 33.9 Å². The maximum atomic E-state index is 12.6. The van der Waals surface area contributed by atoms with Gasteiger partial charge >= 0.3 is 0 Å². The average Bonchev–Trinajstić information content (AvgIpc) is 2.75. The number of hydrogen-bond acceptors (Lipinski definition) is 5. The Labute approximate surface area is 186 Å². The first-order chi connectivity index (χ1) is 14.6. The van der Waals surface area contributed by atoms with Crippen LogP contribution >= 0.6 is 0 Å². The number of nitrogens with zero attached hydrogens (tertiary/aromatic N) is 1. The lowest BCUT2D eigenvalue weighted by Gasteiger charge is -2.29. The van der Waals surface area contributed by atoms with Crippen LogP contribution in [0, 0.1) is 0 Å². The molecule has 1 aliphatic heterocycles. The summed E-state index contributed by atoms with van der Waals surface area (Å²) in [6.07, 6.45) is 1.70. The highest BCUT2D eigenvalue weighted by Crippen LogP contribution is 2.33. The third kappa shape index (κ3) is 5.79. The van der Waals surface area contributed by atoms with E-state index in [-0.39, 0.29) is 5.41 Å². The summed E-state index contributed by atoms with van der Waals surface area (Å²) in [6.45, 7) is 9.36. The first-order valence-electron chi connectivity index (χ1n) is 10.7. The molecule has 0 saturated heterocycles. The summed E-state index contributed by atoms with van der Waals surface area (Å²) in [7, 11) is -0.191. The third-order valence-electron chi connectivity index (χ3n) is 5.77. The monoisotopic (exact) mass is 446 g/mol. The zero-order chi connectivity index (χ0) is 22.6. The van der Waals surface area contributed by atoms with Gasteiger partial charge in [-0.05, 0) is 65.8 Å². The number of fused-ring (bicyclic) bond motifs is 1. The molecule has 0 atom stereocenters. The first-order valence-corrected chi connectivity index (χ1v) is 12.2. The van der Waals surface area contributed by atoms with Crippen LogP contribution in [-0.2, 0) is 28.4 Å². The van der Waals surface area contributed by atoms with Crippen LogP contribution in [-0.4, -0.2) is 47.2 Å². The van der Waals surface area contributed by atoms with Crippen LogP contribution in [0.1, 0.15) is 43.9 Å². The minimum atomic E-state index is -3.49. The van der Waals surface area contributed by atoms with E-state index >= 15 is 0 Å². The number of benzene rings is 2. The van der Waals surface area contributed by atoms with Crippen molar-refractivity contribution in [1.29, 1.82) is 0 Å². The number of nitrogens with one attached hydrogen (secondary N) is 1. The van der Waals surface area contributed by atoms with E-state index in [1.807, 2.05) is 18.2 Å². The maximum Gasteiger partial charge on any atom is 0.240 e. The van der Waals surface area contributed by atoms with Gasteiger partial charge in [0.1, 0.15) is 0 Å². The zero-order valence-corrected chi connectivity index (χ0v) is 20.0. The molecule has 0 amide bonds. The summed E-state index contributed by atoms with van der Waals surface area (Å²) in [6, 6.07) is 11.3. The highest BCUT2D eigenvalue weighted by Gasteiger charge is 2.20. The van der Waals surface area contributed by atoms with Gasteiger partial charge in [-0.3, -0.25) is 4.90 Å². The van der Waals surface area contributed by atoms with Crippen molar-refractivity contribution < 1.29 is 17.9 Å². The highest BCUT2D eigenvalue weighted by atomic mass is 32.2. The number of methoxy groups -OCH3 is 2. The minimum absolute atomic E-state index is 0.00205. The van der Waals surface area contributed by atoms with Crippen LogP contribution in [0.25, 0.3) is 0 Å². The predicted octanol–water partition coefficient (Wildman–Crippen LogP) is 3.73. The molecule has 1 aliphatic rings. The Morgan fingerprint density at radius 1 is 1.00 bits per heavy atom. The van der Waals surface area contributed by atoms with E-state index in [1.165, 1.54) is 11.1 Å². The van der Waals surface area contributed by atoms with Crippen LogP contribution in [0.3, 0.4) is 0 Å². The molecule has 0 radical (unpaired) electrons. The summed E-state index contributed by atoms with van der Waals surface area (Å²) in [5.74, 6) is 1.51. The van der Waals surface area contributed by atoms with Crippen molar-refractivity contribution in [2.45, 2.75) is 50.5 Å². The Hall–Kier alpha value is -2.09. The molecule has 1 heterocycles. The van der Waals surface area contributed by atoms with Gasteiger partial charge in [-0.25, -0.2) is 13.1 Å². The normalized spacial score (nSPS) is 14.9. The van der Waals surface area contributed by atoms with Crippen molar-refractivity contribution in [2.24, 2.45) is 0 Å². The van der Waals surface area contributed by atoms with Crippen molar-refractivity contribution >= 4 is 10.0 Å². The quantitative estimate of drug-likeness (QED) is 0.626. The van der Waals surface area contributed by atoms with Gasteiger partial charge in [0.25, 0.3) is 0 Å². The van der Waals surface area contributed by atoms with Gasteiger partial charge in [-0.15, -0.1) is 0 Å². The second kappa shape index (κ2) is 9.59. The lowest BCUT2D eigenvalue weighted by molar-refractivity contribution is 0.250. The van der Waals surface area contributed by atoms with E-state index in [0.717, 1.165) is 49.5 Å². The van der Waals surface area contributed by atoms with E-state index in [9.17, 15) is 8.42 Å². The molecule has 0 aromatic heterocycles. The van der Waals surface area contributed by atoms with E-state index in [1.54, 1.807) is 26.4 Å². The summed E-state index contributed by atoms with van der Waals surface area (Å²) in [4.78, 5) is 2.66. The molecule has 0 fully saturated rings. The van der Waals surface area contributed by atoms with Crippen LogP contribution in [0.5, 0.6) is 11.5 Å². The molecule has 2 aromatic rings. The molecule has 0 unspecified atom stereocenters. The SMILES string of the molecule is COc1cc2c(cc1OC)CN(CCCNS(=O)(=O)c1ccc(C(C)(C)C)cc1)CC2. The molecule has 7 heteroatoms. The van der Waals surface area contributed by atoms with Crippen LogP contribution < -0.4 is 14.2 Å². The molecule has 0 spiro atoms. The van der Waals surface area contributed by atoms with Crippen LogP contribution in [0.2, 0.25) is 0 Å². The largest absolute Gasteiger partial charge is 0.493 e. The van der Waals surface area contributed by atoms with Gasteiger partial charge in [0, 0.05) is 19.6 Å². The second-order valence-corrected chi connectivity index (χ2v) is 10.8. The number of rotatable bonds is 8. The highest BCUT2D eigenvalue weighted by molar-refractivity contribution is 7.89. The zero-order valence-electron chi connectivity index (χ0n) is 19.2. The molecule has 2 aromatic carbocycles. The Balaban J connectivity index is 1.52. The van der Waals surface area contributed by atoms with Gasteiger partial charge < -0.3 is 9.47 Å². The van der Waals surface area contributed by atoms with Gasteiger partial charge in [0.15, 0.2) is 11.5 Å². The summed E-state index contributed by atoms with van der Waals surface area (Å²) in [5.41, 5.74) is 3.64. The number of ether oxygens (including phenoxy) is 2. The molecule has 0 saturated carbocycles. The molecule has 170 valence electrons. The lowest BCUT2D eigenvalue weighted by atomic mass is 9.87. The van der Waals surface area contributed by atoms with Crippen molar-refractivity contribution in [3.63, 3.8) is 0 Å². The number of hydrogen-bond donors (Lipinski definition) is 1. The molecule has 0 bridgehead atoms. The van der Waals surface area contributed by atoms with Gasteiger partial charge in [-0.2, -0.15) is 0 Å². The molecule has 1 N–H and O–H groups in total. The van der Waals surface area contributed by atoms with E-state index < -0.39 is 10.0 Å². The fraction of sp³-hybridized carbons (Fsp3) is 0.500. The van der Waals surface area contributed by atoms with Gasteiger partial charge in [-0.1, -0.05) is 32.9 Å². The topological polar surface area (TPSA) is 67.9 Å². The van der Waals surface area contributed by atoms with Gasteiger partial charge in [0.2, 0.25) is 10.0 Å². The number of sulfonamides is 1. The molecule has 31 heavy (non-hydrogen) atoms. The molecule has 6 nitrogen and oxygen atoms in total. The van der Waals surface area contributed by atoms with E-state index in [2.05, 4.69) is 36.5 Å². The second-order valence-electron chi connectivity index (χ2n) is 9.03.